The first-order chi connectivity index (χ1) is 15.4. The van der Waals surface area contributed by atoms with E-state index < -0.39 is 0 Å². The number of nitrogens with zero attached hydrogens (tertiary/aromatic N) is 3. The number of carbonyl (C=O) groups excluding carboxylic acids is 1. The second kappa shape index (κ2) is 9.47. The Morgan fingerprint density at radius 1 is 1.44 bits per heavy atom. The SMILES string of the molecule is CCC(C)n1c(SCC(=O)Nc2sc3c(c2C#N)CCC(C)C3)nc2ccccc2c1=O. The van der Waals surface area contributed by atoms with Gasteiger partial charge in [-0.2, -0.15) is 5.26 Å². The van der Waals surface area contributed by atoms with E-state index in [1.54, 1.807) is 10.6 Å². The first kappa shape index (κ1) is 22.6. The molecule has 1 N–H and O–H groups in total. The van der Waals surface area contributed by atoms with E-state index in [1.807, 2.05) is 32.0 Å². The minimum absolute atomic E-state index is 0.0265. The second-order valence-electron chi connectivity index (χ2n) is 8.35. The summed E-state index contributed by atoms with van der Waals surface area (Å²) < 4.78 is 1.69. The van der Waals surface area contributed by atoms with Crippen LogP contribution in [-0.2, 0) is 17.6 Å². The fourth-order valence-corrected chi connectivity index (χ4v) is 6.32. The number of fused-ring (bicyclic) bond motifs is 2. The van der Waals surface area contributed by atoms with Crippen molar-refractivity contribution in [3.05, 3.63) is 50.6 Å². The van der Waals surface area contributed by atoms with E-state index >= 15 is 0 Å². The molecule has 0 saturated carbocycles. The molecule has 3 aromatic rings. The predicted molar refractivity (Wildman–Crippen MR) is 131 cm³/mol. The Balaban J connectivity index is 1.56. The Kier molecular flexibility index (Phi) is 6.68. The smallest absolute Gasteiger partial charge is 0.262 e. The van der Waals surface area contributed by atoms with Crippen LogP contribution in [0.15, 0.2) is 34.2 Å². The zero-order valence-electron chi connectivity index (χ0n) is 18.5. The van der Waals surface area contributed by atoms with E-state index in [4.69, 9.17) is 0 Å². The molecule has 1 aromatic carbocycles. The summed E-state index contributed by atoms with van der Waals surface area (Å²) in [6.07, 6.45) is 3.71. The van der Waals surface area contributed by atoms with E-state index in [9.17, 15) is 14.9 Å². The van der Waals surface area contributed by atoms with Gasteiger partial charge in [-0.25, -0.2) is 4.98 Å². The number of nitriles is 1. The lowest BCUT2D eigenvalue weighted by molar-refractivity contribution is -0.113. The van der Waals surface area contributed by atoms with Gasteiger partial charge in [-0.15, -0.1) is 11.3 Å². The molecule has 2 atom stereocenters. The van der Waals surface area contributed by atoms with E-state index in [2.05, 4.69) is 23.3 Å². The minimum atomic E-state index is -0.198. The van der Waals surface area contributed by atoms with Gasteiger partial charge in [0, 0.05) is 10.9 Å². The molecular weight excluding hydrogens is 440 g/mol. The van der Waals surface area contributed by atoms with Crippen molar-refractivity contribution in [3.8, 4) is 6.07 Å². The molecular formula is C24H26N4O2S2. The number of nitrogens with one attached hydrogen (secondary N) is 1. The molecule has 166 valence electrons. The van der Waals surface area contributed by atoms with Gasteiger partial charge in [-0.05, 0) is 56.2 Å². The molecule has 4 rings (SSSR count). The maximum atomic E-state index is 13.1. The van der Waals surface area contributed by atoms with Gasteiger partial charge in [-0.1, -0.05) is 37.7 Å². The Morgan fingerprint density at radius 3 is 2.97 bits per heavy atom. The van der Waals surface area contributed by atoms with Crippen LogP contribution >= 0.6 is 23.1 Å². The maximum Gasteiger partial charge on any atom is 0.262 e. The zero-order valence-corrected chi connectivity index (χ0v) is 20.1. The van der Waals surface area contributed by atoms with Gasteiger partial charge in [0.15, 0.2) is 5.16 Å². The van der Waals surface area contributed by atoms with Crippen molar-refractivity contribution in [1.29, 1.82) is 5.26 Å². The lowest BCUT2D eigenvalue weighted by Crippen LogP contribution is -2.26. The van der Waals surface area contributed by atoms with Gasteiger partial charge in [0.2, 0.25) is 5.91 Å². The number of benzene rings is 1. The molecule has 0 radical (unpaired) electrons. The first-order valence-electron chi connectivity index (χ1n) is 10.9. The van der Waals surface area contributed by atoms with Crippen LogP contribution < -0.4 is 10.9 Å². The standard InChI is InChI=1S/C24H26N4O2S2/c1-4-15(3)28-23(30)17-7-5-6-8-19(17)26-24(28)31-13-21(29)27-22-18(12-25)16-10-9-14(2)11-20(16)32-22/h5-8,14-15H,4,9-11,13H2,1-3H3,(H,27,29). The molecule has 1 aliphatic rings. The first-order valence-corrected chi connectivity index (χ1v) is 12.7. The monoisotopic (exact) mass is 466 g/mol. The normalized spacial score (nSPS) is 16.4. The van der Waals surface area contributed by atoms with E-state index in [1.165, 1.54) is 28.0 Å². The average Bonchev–Trinajstić information content (AvgIpc) is 3.13. The molecule has 8 heteroatoms. The number of hydrogen-bond donors (Lipinski definition) is 1. The lowest BCUT2D eigenvalue weighted by atomic mass is 9.89. The highest BCUT2D eigenvalue weighted by Gasteiger charge is 2.25. The molecule has 2 aromatic heterocycles. The largest absolute Gasteiger partial charge is 0.316 e. The van der Waals surface area contributed by atoms with Crippen LogP contribution in [0.5, 0.6) is 0 Å². The summed E-state index contributed by atoms with van der Waals surface area (Å²) in [4.78, 5) is 31.8. The summed E-state index contributed by atoms with van der Waals surface area (Å²) in [5.41, 5.74) is 2.25. The third kappa shape index (κ3) is 4.32. The molecule has 2 heterocycles. The number of para-hydroxylation sites is 1. The van der Waals surface area contributed by atoms with Crippen molar-refractivity contribution in [2.75, 3.05) is 11.1 Å². The predicted octanol–water partition coefficient (Wildman–Crippen LogP) is 5.16. The topological polar surface area (TPSA) is 87.8 Å². The van der Waals surface area contributed by atoms with Gasteiger partial charge in [0.1, 0.15) is 11.1 Å². The van der Waals surface area contributed by atoms with Gasteiger partial charge in [-0.3, -0.25) is 14.2 Å². The van der Waals surface area contributed by atoms with Crippen molar-refractivity contribution in [3.63, 3.8) is 0 Å². The fourth-order valence-electron chi connectivity index (χ4n) is 4.05. The van der Waals surface area contributed by atoms with Crippen molar-refractivity contribution in [2.45, 2.75) is 57.7 Å². The van der Waals surface area contributed by atoms with Gasteiger partial charge >= 0.3 is 0 Å². The number of hydrogen-bond acceptors (Lipinski definition) is 6. The Bertz CT molecular complexity index is 1270. The number of aromatic nitrogens is 2. The molecule has 0 aliphatic heterocycles. The Labute approximate surface area is 195 Å². The molecule has 1 amide bonds. The molecule has 0 fully saturated rings. The molecule has 0 bridgehead atoms. The maximum absolute atomic E-state index is 13.1. The van der Waals surface area contributed by atoms with Crippen LogP contribution in [-0.4, -0.2) is 21.2 Å². The van der Waals surface area contributed by atoms with Gasteiger partial charge < -0.3 is 5.32 Å². The summed E-state index contributed by atoms with van der Waals surface area (Å²) in [6.45, 7) is 6.23. The minimum Gasteiger partial charge on any atom is -0.316 e. The average molecular weight is 467 g/mol. The third-order valence-electron chi connectivity index (χ3n) is 6.02. The van der Waals surface area contributed by atoms with Crippen LogP contribution in [0.3, 0.4) is 0 Å². The van der Waals surface area contributed by atoms with Crippen LogP contribution in [0.4, 0.5) is 5.00 Å². The van der Waals surface area contributed by atoms with Crippen LogP contribution in [0.2, 0.25) is 0 Å². The summed E-state index contributed by atoms with van der Waals surface area (Å²) in [5.74, 6) is 0.518. The van der Waals surface area contributed by atoms with Crippen molar-refractivity contribution in [2.24, 2.45) is 5.92 Å². The molecule has 1 aliphatic carbocycles. The Morgan fingerprint density at radius 2 is 2.22 bits per heavy atom. The van der Waals surface area contributed by atoms with Crippen LogP contribution in [0.25, 0.3) is 10.9 Å². The number of rotatable bonds is 6. The van der Waals surface area contributed by atoms with Crippen molar-refractivity contribution in [1.82, 2.24) is 9.55 Å². The highest BCUT2D eigenvalue weighted by atomic mass is 32.2. The highest BCUT2D eigenvalue weighted by Crippen LogP contribution is 2.39. The van der Waals surface area contributed by atoms with E-state index in [0.29, 0.717) is 32.5 Å². The number of thiophene rings is 1. The van der Waals surface area contributed by atoms with Crippen LogP contribution in [0, 0.1) is 17.2 Å². The van der Waals surface area contributed by atoms with Crippen molar-refractivity contribution >= 4 is 44.9 Å². The Hall–Kier alpha value is -2.63. The number of anilines is 1. The van der Waals surface area contributed by atoms with Crippen LogP contribution in [0.1, 0.15) is 55.7 Å². The summed E-state index contributed by atoms with van der Waals surface area (Å²) in [6, 6.07) is 9.55. The van der Waals surface area contributed by atoms with Gasteiger partial charge in [0.05, 0.1) is 22.2 Å². The lowest BCUT2D eigenvalue weighted by Gasteiger charge is -2.18. The second-order valence-corrected chi connectivity index (χ2v) is 10.4. The quantitative estimate of drug-likeness (QED) is 0.401. The molecule has 0 saturated heterocycles. The van der Waals surface area contributed by atoms with Gasteiger partial charge in [0.25, 0.3) is 5.56 Å². The summed E-state index contributed by atoms with van der Waals surface area (Å²) >= 11 is 2.78. The van der Waals surface area contributed by atoms with E-state index in [0.717, 1.165) is 31.2 Å². The van der Waals surface area contributed by atoms with Crippen molar-refractivity contribution < 1.29 is 4.79 Å². The number of carbonyl (C=O) groups is 1. The number of amides is 1. The molecule has 0 spiro atoms. The third-order valence-corrected chi connectivity index (χ3v) is 8.14. The summed E-state index contributed by atoms with van der Waals surface area (Å²) in [7, 11) is 0. The molecule has 6 nitrogen and oxygen atoms in total. The zero-order chi connectivity index (χ0) is 22.8. The number of thioether (sulfide) groups is 1. The fraction of sp³-hybridized carbons (Fsp3) is 0.417. The summed E-state index contributed by atoms with van der Waals surface area (Å²) in [5, 5.41) is 14.4. The molecule has 32 heavy (non-hydrogen) atoms. The highest BCUT2D eigenvalue weighted by molar-refractivity contribution is 7.99. The molecule has 2 unspecified atom stereocenters. The van der Waals surface area contributed by atoms with E-state index in [-0.39, 0.29) is 23.3 Å².